The molecule has 21 heavy (non-hydrogen) atoms. The summed E-state index contributed by atoms with van der Waals surface area (Å²) >= 11 is 0. The van der Waals surface area contributed by atoms with Gasteiger partial charge in [0.2, 0.25) is 10.0 Å². The van der Waals surface area contributed by atoms with E-state index in [0.717, 1.165) is 6.42 Å². The highest BCUT2D eigenvalue weighted by molar-refractivity contribution is 7.89. The minimum absolute atomic E-state index is 0.0614. The van der Waals surface area contributed by atoms with Crippen LogP contribution in [0.4, 0.5) is 0 Å². The zero-order chi connectivity index (χ0) is 14.9. The summed E-state index contributed by atoms with van der Waals surface area (Å²) in [6.07, 6.45) is 4.99. The van der Waals surface area contributed by atoms with E-state index in [9.17, 15) is 8.42 Å². The Hall–Kier alpha value is -1.71. The Balaban J connectivity index is 1.71. The molecule has 1 fully saturated rings. The third kappa shape index (κ3) is 2.99. The second-order valence-corrected chi connectivity index (χ2v) is 6.63. The van der Waals surface area contributed by atoms with E-state index in [-0.39, 0.29) is 17.5 Å². The van der Waals surface area contributed by atoms with Crippen molar-refractivity contribution in [3.63, 3.8) is 0 Å². The molecule has 1 saturated heterocycles. The van der Waals surface area contributed by atoms with Crippen LogP contribution in [-0.4, -0.2) is 36.4 Å². The van der Waals surface area contributed by atoms with Gasteiger partial charge < -0.3 is 9.15 Å². The molecule has 1 atom stereocenters. The maximum Gasteiger partial charge on any atom is 0.244 e. The molecular formula is C12H16N4O4S. The fourth-order valence-electron chi connectivity index (χ4n) is 2.13. The number of aryl methyl sites for hydroxylation is 1. The van der Waals surface area contributed by atoms with Crippen molar-refractivity contribution in [1.82, 2.24) is 19.5 Å². The molecule has 8 nitrogen and oxygen atoms in total. The highest BCUT2D eigenvalue weighted by Crippen LogP contribution is 2.19. The van der Waals surface area contributed by atoms with Gasteiger partial charge in [-0.05, 0) is 13.3 Å². The molecule has 2 aromatic rings. The minimum atomic E-state index is -3.62. The third-order valence-corrected chi connectivity index (χ3v) is 4.79. The van der Waals surface area contributed by atoms with E-state index >= 15 is 0 Å². The molecule has 0 spiro atoms. The molecule has 0 aromatic carbocycles. The molecule has 1 N–H and O–H groups in total. The Morgan fingerprint density at radius 1 is 1.52 bits per heavy atom. The van der Waals surface area contributed by atoms with Crippen molar-refractivity contribution in [1.29, 1.82) is 0 Å². The fraction of sp³-hybridized carbons (Fsp3) is 0.500. The summed E-state index contributed by atoms with van der Waals surface area (Å²) in [5, 5.41) is 4.11. The van der Waals surface area contributed by atoms with Gasteiger partial charge >= 0.3 is 0 Å². The molecule has 114 valence electrons. The minimum Gasteiger partial charge on any atom is -0.447 e. The Morgan fingerprint density at radius 3 is 3.05 bits per heavy atom. The van der Waals surface area contributed by atoms with Crippen molar-refractivity contribution in [2.75, 3.05) is 13.2 Å². The maximum atomic E-state index is 12.2. The van der Waals surface area contributed by atoms with Crippen LogP contribution in [0.1, 0.15) is 23.9 Å². The number of rotatable bonds is 5. The van der Waals surface area contributed by atoms with E-state index in [0.29, 0.717) is 24.7 Å². The molecule has 1 aliphatic rings. The van der Waals surface area contributed by atoms with E-state index in [1.807, 2.05) is 0 Å². The first-order valence-electron chi connectivity index (χ1n) is 6.57. The summed E-state index contributed by atoms with van der Waals surface area (Å²) in [5.41, 5.74) is 0.663. The van der Waals surface area contributed by atoms with Crippen LogP contribution in [0.25, 0.3) is 0 Å². The lowest BCUT2D eigenvalue weighted by Crippen LogP contribution is -2.23. The number of aromatic nitrogens is 3. The van der Waals surface area contributed by atoms with Gasteiger partial charge in [0, 0.05) is 12.8 Å². The highest BCUT2D eigenvalue weighted by atomic mass is 32.2. The maximum absolute atomic E-state index is 12.2. The van der Waals surface area contributed by atoms with Gasteiger partial charge in [-0.3, -0.25) is 4.68 Å². The predicted molar refractivity (Wildman–Crippen MR) is 72.0 cm³/mol. The lowest BCUT2D eigenvalue weighted by Gasteiger charge is -2.07. The average molecular weight is 312 g/mol. The summed E-state index contributed by atoms with van der Waals surface area (Å²) in [6.45, 7) is 3.05. The van der Waals surface area contributed by atoms with Crippen LogP contribution in [0, 0.1) is 6.92 Å². The molecule has 3 heterocycles. The van der Waals surface area contributed by atoms with Gasteiger partial charge in [-0.15, -0.1) is 0 Å². The van der Waals surface area contributed by atoms with E-state index in [1.165, 1.54) is 18.8 Å². The second kappa shape index (κ2) is 5.58. The van der Waals surface area contributed by atoms with E-state index in [2.05, 4.69) is 14.8 Å². The number of oxazole rings is 1. The van der Waals surface area contributed by atoms with Gasteiger partial charge in [0.1, 0.15) is 10.7 Å². The topological polar surface area (TPSA) is 99.3 Å². The summed E-state index contributed by atoms with van der Waals surface area (Å²) in [5.74, 6) is 0.496. The van der Waals surface area contributed by atoms with E-state index < -0.39 is 10.0 Å². The second-order valence-electron chi connectivity index (χ2n) is 4.86. The van der Waals surface area contributed by atoms with Crippen LogP contribution in [0.2, 0.25) is 0 Å². The average Bonchev–Trinajstić information content (AvgIpc) is 3.18. The molecule has 2 aromatic heterocycles. The summed E-state index contributed by atoms with van der Waals surface area (Å²) in [4.78, 5) is 4.05. The lowest BCUT2D eigenvalue weighted by molar-refractivity contribution is 0.184. The van der Waals surface area contributed by atoms with Gasteiger partial charge in [-0.2, -0.15) is 5.10 Å². The Labute approximate surface area is 122 Å². The molecule has 3 rings (SSSR count). The molecule has 0 saturated carbocycles. The lowest BCUT2D eigenvalue weighted by atomic mass is 10.3. The number of nitrogens with zero attached hydrogens (tertiary/aromatic N) is 3. The van der Waals surface area contributed by atoms with Crippen molar-refractivity contribution in [3.8, 4) is 0 Å². The standard InChI is InChI=1S/C12H16N4O4S/c1-9-12(20-8-13-9)5-15-21(17,18)11-4-14-16(6-11)10-2-3-19-7-10/h4,6,8,10,15H,2-3,5,7H2,1H3. The van der Waals surface area contributed by atoms with Gasteiger partial charge in [0.25, 0.3) is 0 Å². The molecule has 0 aliphatic carbocycles. The normalized spacial score (nSPS) is 19.2. The van der Waals surface area contributed by atoms with Crippen molar-refractivity contribution in [2.24, 2.45) is 0 Å². The van der Waals surface area contributed by atoms with Gasteiger partial charge in [-0.25, -0.2) is 18.1 Å². The summed E-state index contributed by atoms with van der Waals surface area (Å²) < 4.78 is 38.9. The number of nitrogens with one attached hydrogen (secondary N) is 1. The van der Waals surface area contributed by atoms with Crippen molar-refractivity contribution >= 4 is 10.0 Å². The largest absolute Gasteiger partial charge is 0.447 e. The number of sulfonamides is 1. The number of hydrogen-bond donors (Lipinski definition) is 1. The third-order valence-electron chi connectivity index (χ3n) is 3.44. The van der Waals surface area contributed by atoms with Crippen LogP contribution >= 0.6 is 0 Å². The number of hydrogen-bond acceptors (Lipinski definition) is 6. The summed E-state index contributed by atoms with van der Waals surface area (Å²) in [7, 11) is -3.62. The Bertz CT molecular complexity index is 715. The van der Waals surface area contributed by atoms with E-state index in [1.54, 1.807) is 11.6 Å². The Kier molecular flexibility index (Phi) is 3.79. The molecule has 1 unspecified atom stereocenters. The molecule has 0 radical (unpaired) electrons. The van der Waals surface area contributed by atoms with Gasteiger partial charge in [0.15, 0.2) is 6.39 Å². The molecule has 9 heteroatoms. The van der Waals surface area contributed by atoms with Crippen LogP contribution in [0.5, 0.6) is 0 Å². The fourth-order valence-corrected chi connectivity index (χ4v) is 3.05. The van der Waals surface area contributed by atoms with Crippen LogP contribution < -0.4 is 4.72 Å². The molecular weight excluding hydrogens is 296 g/mol. The van der Waals surface area contributed by atoms with E-state index in [4.69, 9.17) is 9.15 Å². The van der Waals surface area contributed by atoms with Crippen LogP contribution in [0.3, 0.4) is 0 Å². The van der Waals surface area contributed by atoms with Crippen LogP contribution in [-0.2, 0) is 21.3 Å². The highest BCUT2D eigenvalue weighted by Gasteiger charge is 2.22. The zero-order valence-corrected chi connectivity index (χ0v) is 12.3. The van der Waals surface area contributed by atoms with Crippen LogP contribution in [0.15, 0.2) is 28.1 Å². The SMILES string of the molecule is Cc1ncoc1CNS(=O)(=O)c1cnn(C2CCOC2)c1. The molecule has 1 aliphatic heterocycles. The quantitative estimate of drug-likeness (QED) is 0.869. The Morgan fingerprint density at radius 2 is 2.38 bits per heavy atom. The predicted octanol–water partition coefficient (Wildman–Crippen LogP) is 0.619. The van der Waals surface area contributed by atoms with Gasteiger partial charge in [-0.1, -0.05) is 0 Å². The number of ether oxygens (including phenoxy) is 1. The zero-order valence-electron chi connectivity index (χ0n) is 11.5. The van der Waals surface area contributed by atoms with Crippen molar-refractivity contribution in [2.45, 2.75) is 30.8 Å². The van der Waals surface area contributed by atoms with Crippen molar-refractivity contribution in [3.05, 3.63) is 30.2 Å². The smallest absolute Gasteiger partial charge is 0.244 e. The first kappa shape index (κ1) is 14.2. The first-order chi connectivity index (χ1) is 10.1. The molecule has 0 amide bonds. The molecule has 0 bridgehead atoms. The first-order valence-corrected chi connectivity index (χ1v) is 8.05. The monoisotopic (exact) mass is 312 g/mol. The van der Waals surface area contributed by atoms with Gasteiger partial charge in [0.05, 0.1) is 31.1 Å². The summed E-state index contributed by atoms with van der Waals surface area (Å²) in [6, 6.07) is 0.102. The van der Waals surface area contributed by atoms with Crippen molar-refractivity contribution < 1.29 is 17.6 Å².